The zero-order valence-electron chi connectivity index (χ0n) is 16.5. The average Bonchev–Trinajstić information content (AvgIpc) is 2.61. The van der Waals surface area contributed by atoms with E-state index in [-0.39, 0.29) is 11.4 Å². The Balaban J connectivity index is 1.83. The Kier molecular flexibility index (Phi) is 6.92. The first kappa shape index (κ1) is 21.1. The van der Waals surface area contributed by atoms with E-state index in [2.05, 4.69) is 0 Å². The van der Waals surface area contributed by atoms with Gasteiger partial charge >= 0.3 is 0 Å². The summed E-state index contributed by atoms with van der Waals surface area (Å²) in [6.45, 7) is 8.11. The minimum atomic E-state index is -0.413. The standard InChI is InChI=1S/C20H24N2O6/c1-13-9-17(21(23)24)10-14(2)19(13)27-7-5-6-8-28-20-15(3)11-18(22(25)26)12-16(20)4/h9-12H,5-8H2,1-4H3. The van der Waals surface area contributed by atoms with Crippen molar-refractivity contribution in [3.05, 3.63) is 66.7 Å². The molecule has 0 heterocycles. The molecule has 0 spiro atoms. The van der Waals surface area contributed by atoms with E-state index in [4.69, 9.17) is 9.47 Å². The van der Waals surface area contributed by atoms with E-state index in [1.54, 1.807) is 27.7 Å². The number of nitro groups is 2. The van der Waals surface area contributed by atoms with Gasteiger partial charge in [0.25, 0.3) is 11.4 Å². The molecule has 0 aliphatic carbocycles. The zero-order chi connectivity index (χ0) is 20.8. The van der Waals surface area contributed by atoms with Crippen LogP contribution in [0.3, 0.4) is 0 Å². The number of hydrogen-bond donors (Lipinski definition) is 0. The Hall–Kier alpha value is -3.16. The van der Waals surface area contributed by atoms with Gasteiger partial charge in [-0.2, -0.15) is 0 Å². The maximum absolute atomic E-state index is 10.9. The first-order chi connectivity index (χ1) is 13.2. The molecule has 0 saturated carbocycles. The van der Waals surface area contributed by atoms with Crippen LogP contribution in [0.1, 0.15) is 35.1 Å². The number of unbranched alkanes of at least 4 members (excludes halogenated alkanes) is 1. The minimum Gasteiger partial charge on any atom is -0.493 e. The van der Waals surface area contributed by atoms with Gasteiger partial charge in [0.05, 0.1) is 23.1 Å². The van der Waals surface area contributed by atoms with Crippen molar-refractivity contribution in [1.82, 2.24) is 0 Å². The highest BCUT2D eigenvalue weighted by Gasteiger charge is 2.14. The molecule has 2 aromatic carbocycles. The van der Waals surface area contributed by atoms with Crippen LogP contribution < -0.4 is 9.47 Å². The molecule has 0 aliphatic rings. The van der Waals surface area contributed by atoms with Gasteiger partial charge in [-0.15, -0.1) is 0 Å². The molecule has 8 heteroatoms. The second-order valence-electron chi connectivity index (χ2n) is 6.74. The predicted molar refractivity (Wildman–Crippen MR) is 105 cm³/mol. The highest BCUT2D eigenvalue weighted by atomic mass is 16.6. The van der Waals surface area contributed by atoms with Gasteiger partial charge in [-0.3, -0.25) is 20.2 Å². The van der Waals surface area contributed by atoms with Crippen LogP contribution in [0.15, 0.2) is 24.3 Å². The number of nitrogens with zero attached hydrogens (tertiary/aromatic N) is 2. The summed E-state index contributed by atoms with van der Waals surface area (Å²) in [5, 5.41) is 21.8. The molecule has 0 radical (unpaired) electrons. The van der Waals surface area contributed by atoms with Crippen molar-refractivity contribution in [3.63, 3.8) is 0 Å². The first-order valence-corrected chi connectivity index (χ1v) is 8.97. The smallest absolute Gasteiger partial charge is 0.270 e. The molecule has 0 atom stereocenters. The zero-order valence-corrected chi connectivity index (χ0v) is 16.5. The molecule has 0 fully saturated rings. The molecule has 0 N–H and O–H groups in total. The summed E-state index contributed by atoms with van der Waals surface area (Å²) in [4.78, 5) is 20.9. The number of aryl methyl sites for hydroxylation is 4. The van der Waals surface area contributed by atoms with Gasteiger partial charge in [0, 0.05) is 24.3 Å². The van der Waals surface area contributed by atoms with Crippen LogP contribution in [0.4, 0.5) is 11.4 Å². The first-order valence-electron chi connectivity index (χ1n) is 8.97. The van der Waals surface area contributed by atoms with E-state index >= 15 is 0 Å². The SMILES string of the molecule is Cc1cc([N+](=O)[O-])cc(C)c1OCCCCOc1c(C)cc([N+](=O)[O-])cc1C. The molecule has 28 heavy (non-hydrogen) atoms. The Morgan fingerprint density at radius 1 is 0.679 bits per heavy atom. The summed E-state index contributed by atoms with van der Waals surface area (Å²) >= 11 is 0. The van der Waals surface area contributed by atoms with Gasteiger partial charge in [0.2, 0.25) is 0 Å². The number of ether oxygens (including phenoxy) is 2. The molecule has 0 unspecified atom stereocenters. The van der Waals surface area contributed by atoms with Crippen LogP contribution in [0.2, 0.25) is 0 Å². The monoisotopic (exact) mass is 388 g/mol. The number of non-ortho nitro benzene ring substituents is 2. The third-order valence-electron chi connectivity index (χ3n) is 4.34. The van der Waals surface area contributed by atoms with Crippen LogP contribution in [0, 0.1) is 47.9 Å². The fraction of sp³-hybridized carbons (Fsp3) is 0.400. The topological polar surface area (TPSA) is 105 Å². The maximum atomic E-state index is 10.9. The van der Waals surface area contributed by atoms with Crippen molar-refractivity contribution >= 4 is 11.4 Å². The highest BCUT2D eigenvalue weighted by Crippen LogP contribution is 2.29. The van der Waals surface area contributed by atoms with E-state index in [1.165, 1.54) is 24.3 Å². The van der Waals surface area contributed by atoms with Crippen molar-refractivity contribution in [2.75, 3.05) is 13.2 Å². The van der Waals surface area contributed by atoms with Crippen molar-refractivity contribution < 1.29 is 19.3 Å². The Morgan fingerprint density at radius 2 is 0.964 bits per heavy atom. The molecular formula is C20H24N2O6. The van der Waals surface area contributed by atoms with Crippen molar-refractivity contribution in [2.24, 2.45) is 0 Å². The molecule has 2 rings (SSSR count). The predicted octanol–water partition coefficient (Wildman–Crippen LogP) is 4.97. The summed E-state index contributed by atoms with van der Waals surface area (Å²) < 4.78 is 11.6. The summed E-state index contributed by atoms with van der Waals surface area (Å²) in [6.07, 6.45) is 1.50. The summed E-state index contributed by atoms with van der Waals surface area (Å²) in [6, 6.07) is 6.02. The van der Waals surface area contributed by atoms with Gasteiger partial charge in [-0.1, -0.05) is 0 Å². The molecule has 0 aromatic heterocycles. The minimum absolute atomic E-state index is 0.0598. The van der Waals surface area contributed by atoms with Crippen LogP contribution in [0.25, 0.3) is 0 Å². The number of rotatable bonds is 9. The normalized spacial score (nSPS) is 10.6. The van der Waals surface area contributed by atoms with Gasteiger partial charge in [0.1, 0.15) is 11.5 Å². The molecule has 150 valence electrons. The van der Waals surface area contributed by atoms with E-state index in [9.17, 15) is 20.2 Å². The Morgan fingerprint density at radius 3 is 1.21 bits per heavy atom. The van der Waals surface area contributed by atoms with Crippen LogP contribution >= 0.6 is 0 Å². The summed E-state index contributed by atoms with van der Waals surface area (Å²) in [5.74, 6) is 1.35. The molecule has 2 aromatic rings. The number of hydrogen-bond acceptors (Lipinski definition) is 6. The fourth-order valence-corrected chi connectivity index (χ4v) is 3.07. The lowest BCUT2D eigenvalue weighted by Crippen LogP contribution is -2.06. The lowest BCUT2D eigenvalue weighted by Gasteiger charge is -2.13. The van der Waals surface area contributed by atoms with Gasteiger partial charge in [-0.05, 0) is 62.8 Å². The van der Waals surface area contributed by atoms with Crippen molar-refractivity contribution in [1.29, 1.82) is 0 Å². The largest absolute Gasteiger partial charge is 0.493 e. The van der Waals surface area contributed by atoms with E-state index in [0.29, 0.717) is 24.7 Å². The van der Waals surface area contributed by atoms with E-state index < -0.39 is 9.85 Å². The number of nitro benzene ring substituents is 2. The average molecular weight is 388 g/mol. The lowest BCUT2D eigenvalue weighted by atomic mass is 10.1. The fourth-order valence-electron chi connectivity index (χ4n) is 3.07. The van der Waals surface area contributed by atoms with Gasteiger partial charge in [0.15, 0.2) is 0 Å². The Labute approximate surface area is 163 Å². The third kappa shape index (κ3) is 5.18. The summed E-state index contributed by atoms with van der Waals surface area (Å²) in [7, 11) is 0. The molecule has 0 amide bonds. The van der Waals surface area contributed by atoms with E-state index in [0.717, 1.165) is 35.1 Å². The Bertz CT molecular complexity index is 775. The van der Waals surface area contributed by atoms with Gasteiger partial charge < -0.3 is 9.47 Å². The third-order valence-corrected chi connectivity index (χ3v) is 4.34. The van der Waals surface area contributed by atoms with Crippen molar-refractivity contribution in [2.45, 2.75) is 40.5 Å². The molecule has 8 nitrogen and oxygen atoms in total. The lowest BCUT2D eigenvalue weighted by molar-refractivity contribution is -0.385. The quantitative estimate of drug-likeness (QED) is 0.341. The molecule has 0 aliphatic heterocycles. The van der Waals surface area contributed by atoms with Crippen LogP contribution in [0.5, 0.6) is 11.5 Å². The van der Waals surface area contributed by atoms with E-state index in [1.807, 2.05) is 0 Å². The highest BCUT2D eigenvalue weighted by molar-refractivity contribution is 5.49. The summed E-state index contributed by atoms with van der Waals surface area (Å²) in [5.41, 5.74) is 3.06. The van der Waals surface area contributed by atoms with Crippen LogP contribution in [-0.4, -0.2) is 23.1 Å². The molecule has 0 bridgehead atoms. The molecular weight excluding hydrogens is 364 g/mol. The second-order valence-corrected chi connectivity index (χ2v) is 6.74. The van der Waals surface area contributed by atoms with Crippen LogP contribution in [-0.2, 0) is 0 Å². The van der Waals surface area contributed by atoms with Crippen molar-refractivity contribution in [3.8, 4) is 11.5 Å². The molecule has 0 saturated heterocycles. The maximum Gasteiger partial charge on any atom is 0.270 e. The number of benzene rings is 2. The van der Waals surface area contributed by atoms with Gasteiger partial charge in [-0.25, -0.2) is 0 Å². The second kappa shape index (κ2) is 9.16.